The zero-order valence-corrected chi connectivity index (χ0v) is 15.4. The molecule has 136 valence electrons. The van der Waals surface area contributed by atoms with E-state index < -0.39 is 0 Å². The van der Waals surface area contributed by atoms with Crippen molar-refractivity contribution in [3.63, 3.8) is 0 Å². The topological polar surface area (TPSA) is 78.5 Å². The van der Waals surface area contributed by atoms with E-state index in [9.17, 15) is 14.4 Å². The Morgan fingerprint density at radius 2 is 1.69 bits per heavy atom. The number of benzene rings is 2. The first-order chi connectivity index (χ1) is 12.3. The number of amides is 3. The number of carbonyl (C=O) groups excluding carboxylic acids is 3. The van der Waals surface area contributed by atoms with Crippen LogP contribution in [-0.4, -0.2) is 24.3 Å². The Balaban J connectivity index is 2.16. The second-order valence-electron chi connectivity index (χ2n) is 6.20. The zero-order chi connectivity index (χ0) is 19.3. The molecule has 2 N–H and O–H groups in total. The lowest BCUT2D eigenvalue weighted by atomic mass is 10.1. The molecule has 0 aliphatic carbocycles. The fraction of sp³-hybridized carbons (Fsp3) is 0.250. The van der Waals surface area contributed by atoms with Crippen molar-refractivity contribution in [1.82, 2.24) is 0 Å². The molecule has 0 unspecified atom stereocenters. The van der Waals surface area contributed by atoms with Gasteiger partial charge in [0, 0.05) is 30.9 Å². The van der Waals surface area contributed by atoms with Crippen molar-refractivity contribution in [3.8, 4) is 0 Å². The van der Waals surface area contributed by atoms with Gasteiger partial charge in [0.1, 0.15) is 6.54 Å². The van der Waals surface area contributed by atoms with E-state index in [1.54, 1.807) is 24.3 Å². The third-order valence-electron chi connectivity index (χ3n) is 3.82. The summed E-state index contributed by atoms with van der Waals surface area (Å²) in [6, 6.07) is 12.6. The molecule has 2 aromatic carbocycles. The van der Waals surface area contributed by atoms with Crippen molar-refractivity contribution in [2.24, 2.45) is 0 Å². The van der Waals surface area contributed by atoms with Gasteiger partial charge in [0.25, 0.3) is 0 Å². The summed E-state index contributed by atoms with van der Waals surface area (Å²) in [6.07, 6.45) is 0. The Hall–Kier alpha value is -3.15. The molecule has 0 aromatic heterocycles. The lowest BCUT2D eigenvalue weighted by Crippen LogP contribution is -2.36. The summed E-state index contributed by atoms with van der Waals surface area (Å²) in [5.41, 5.74) is 3.90. The van der Waals surface area contributed by atoms with E-state index in [1.807, 2.05) is 32.0 Å². The summed E-state index contributed by atoms with van der Waals surface area (Å²) in [6.45, 7) is 6.59. The van der Waals surface area contributed by atoms with Crippen molar-refractivity contribution >= 4 is 34.8 Å². The van der Waals surface area contributed by atoms with E-state index in [-0.39, 0.29) is 24.3 Å². The molecule has 6 nitrogen and oxygen atoms in total. The van der Waals surface area contributed by atoms with E-state index in [4.69, 9.17) is 0 Å². The third kappa shape index (κ3) is 5.17. The van der Waals surface area contributed by atoms with Crippen molar-refractivity contribution in [2.75, 3.05) is 22.1 Å². The van der Waals surface area contributed by atoms with Crippen LogP contribution in [0.2, 0.25) is 0 Å². The highest BCUT2D eigenvalue weighted by Gasteiger charge is 2.17. The van der Waals surface area contributed by atoms with E-state index in [0.29, 0.717) is 11.4 Å². The van der Waals surface area contributed by atoms with Crippen molar-refractivity contribution < 1.29 is 14.4 Å². The number of carbonyl (C=O) groups is 3. The number of aryl methyl sites for hydroxylation is 2. The summed E-state index contributed by atoms with van der Waals surface area (Å²) in [7, 11) is 0. The minimum atomic E-state index is -0.294. The van der Waals surface area contributed by atoms with Crippen LogP contribution in [0.5, 0.6) is 0 Å². The smallest absolute Gasteiger partial charge is 0.244 e. The molecule has 0 saturated carbocycles. The van der Waals surface area contributed by atoms with Crippen LogP contribution >= 0.6 is 0 Å². The maximum atomic E-state index is 12.4. The molecular formula is C20H23N3O3. The van der Waals surface area contributed by atoms with Gasteiger partial charge in [-0.05, 0) is 43.7 Å². The Bertz CT molecular complexity index is 846. The molecule has 3 amide bonds. The fourth-order valence-corrected chi connectivity index (χ4v) is 2.63. The average molecular weight is 353 g/mol. The largest absolute Gasteiger partial charge is 0.326 e. The van der Waals surface area contributed by atoms with Gasteiger partial charge in [-0.2, -0.15) is 0 Å². The van der Waals surface area contributed by atoms with Crippen LogP contribution < -0.4 is 15.5 Å². The molecular weight excluding hydrogens is 330 g/mol. The van der Waals surface area contributed by atoms with Crippen molar-refractivity contribution in [2.45, 2.75) is 27.7 Å². The molecule has 0 aliphatic heterocycles. The zero-order valence-electron chi connectivity index (χ0n) is 15.4. The maximum Gasteiger partial charge on any atom is 0.244 e. The van der Waals surface area contributed by atoms with Crippen molar-refractivity contribution in [3.05, 3.63) is 53.6 Å². The number of anilines is 3. The minimum absolute atomic E-state index is 0.119. The van der Waals surface area contributed by atoms with Crippen LogP contribution in [0, 0.1) is 13.8 Å². The predicted molar refractivity (Wildman–Crippen MR) is 103 cm³/mol. The lowest BCUT2D eigenvalue weighted by Gasteiger charge is -2.21. The summed E-state index contributed by atoms with van der Waals surface area (Å²) in [5.74, 6) is -0.762. The van der Waals surface area contributed by atoms with Crippen LogP contribution in [0.3, 0.4) is 0 Å². The molecule has 0 aliphatic rings. The van der Waals surface area contributed by atoms with Crippen LogP contribution in [-0.2, 0) is 14.4 Å². The minimum Gasteiger partial charge on any atom is -0.326 e. The number of nitrogens with zero attached hydrogens (tertiary/aromatic N) is 1. The quantitative estimate of drug-likeness (QED) is 0.866. The van der Waals surface area contributed by atoms with E-state index in [1.165, 1.54) is 18.7 Å². The first kappa shape index (κ1) is 19.2. The molecule has 26 heavy (non-hydrogen) atoms. The normalized spacial score (nSPS) is 10.2. The first-order valence-corrected chi connectivity index (χ1v) is 8.29. The Labute approximate surface area is 153 Å². The van der Waals surface area contributed by atoms with Gasteiger partial charge in [0.2, 0.25) is 17.7 Å². The van der Waals surface area contributed by atoms with Crippen LogP contribution in [0.15, 0.2) is 42.5 Å². The van der Waals surface area contributed by atoms with Crippen molar-refractivity contribution in [1.29, 1.82) is 0 Å². The summed E-state index contributed by atoms with van der Waals surface area (Å²) < 4.78 is 0. The Morgan fingerprint density at radius 1 is 0.962 bits per heavy atom. The van der Waals surface area contributed by atoms with Gasteiger partial charge in [0.05, 0.1) is 0 Å². The third-order valence-corrected chi connectivity index (χ3v) is 3.82. The van der Waals surface area contributed by atoms with Gasteiger partial charge >= 0.3 is 0 Å². The number of nitrogens with one attached hydrogen (secondary N) is 2. The summed E-state index contributed by atoms with van der Waals surface area (Å²) >= 11 is 0. The number of rotatable bonds is 5. The average Bonchev–Trinajstić information content (AvgIpc) is 2.54. The maximum absolute atomic E-state index is 12.4. The SMILES string of the molecule is CC(=O)Nc1cccc(N(CC(=O)Nc2ccc(C)cc2C)C(C)=O)c1. The molecule has 0 spiro atoms. The fourth-order valence-electron chi connectivity index (χ4n) is 2.63. The molecule has 2 rings (SSSR count). The van der Waals surface area contributed by atoms with Crippen LogP contribution in [0.25, 0.3) is 0 Å². The molecule has 0 bridgehead atoms. The Morgan fingerprint density at radius 3 is 2.31 bits per heavy atom. The highest BCUT2D eigenvalue weighted by Crippen LogP contribution is 2.21. The highest BCUT2D eigenvalue weighted by molar-refractivity contribution is 6.02. The molecule has 2 aromatic rings. The molecule has 0 atom stereocenters. The molecule has 0 radical (unpaired) electrons. The van der Waals surface area contributed by atoms with E-state index >= 15 is 0 Å². The summed E-state index contributed by atoms with van der Waals surface area (Å²) in [4.78, 5) is 37.0. The molecule has 0 heterocycles. The second-order valence-corrected chi connectivity index (χ2v) is 6.20. The number of hydrogen-bond acceptors (Lipinski definition) is 3. The molecule has 0 saturated heterocycles. The molecule has 0 fully saturated rings. The second kappa shape index (κ2) is 8.29. The van der Waals surface area contributed by atoms with Crippen LogP contribution in [0.1, 0.15) is 25.0 Å². The standard InChI is InChI=1S/C20H23N3O3/c1-13-8-9-19(14(2)10-13)22-20(26)12-23(16(4)25)18-7-5-6-17(11-18)21-15(3)24/h5-11H,12H2,1-4H3,(H,21,24)(H,22,26). The highest BCUT2D eigenvalue weighted by atomic mass is 16.2. The van der Waals surface area contributed by atoms with Gasteiger partial charge < -0.3 is 15.5 Å². The van der Waals surface area contributed by atoms with Gasteiger partial charge in [-0.3, -0.25) is 14.4 Å². The predicted octanol–water partition coefficient (Wildman–Crippen LogP) is 3.25. The Kier molecular flexibility index (Phi) is 6.11. The van der Waals surface area contributed by atoms with Gasteiger partial charge in [0.15, 0.2) is 0 Å². The molecule has 6 heteroatoms. The monoisotopic (exact) mass is 353 g/mol. The van der Waals surface area contributed by atoms with E-state index in [0.717, 1.165) is 16.8 Å². The first-order valence-electron chi connectivity index (χ1n) is 8.29. The van der Waals surface area contributed by atoms with Gasteiger partial charge in [-0.25, -0.2) is 0 Å². The van der Waals surface area contributed by atoms with Gasteiger partial charge in [-0.1, -0.05) is 23.8 Å². The van der Waals surface area contributed by atoms with E-state index in [2.05, 4.69) is 10.6 Å². The van der Waals surface area contributed by atoms with Gasteiger partial charge in [-0.15, -0.1) is 0 Å². The summed E-state index contributed by atoms with van der Waals surface area (Å²) in [5, 5.41) is 5.50. The lowest BCUT2D eigenvalue weighted by molar-refractivity contribution is -0.120. The number of hydrogen-bond donors (Lipinski definition) is 2. The van der Waals surface area contributed by atoms with Crippen LogP contribution in [0.4, 0.5) is 17.1 Å².